The molecular weight excluding hydrogens is 330 g/mol. The average Bonchev–Trinajstić information content (AvgIpc) is 2.95. The average molecular weight is 357 g/mol. The van der Waals surface area contributed by atoms with Gasteiger partial charge in [0.2, 0.25) is 5.91 Å². The largest absolute Gasteiger partial charge is 0.332 e. The number of pyridine rings is 1. The summed E-state index contributed by atoms with van der Waals surface area (Å²) >= 11 is 0. The highest BCUT2D eigenvalue weighted by molar-refractivity contribution is 5.82. The predicted molar refractivity (Wildman–Crippen MR) is 97.3 cm³/mol. The van der Waals surface area contributed by atoms with Crippen molar-refractivity contribution in [3.05, 3.63) is 30.1 Å². The Labute approximate surface area is 154 Å². The first kappa shape index (κ1) is 17.3. The Hall–Kier alpha value is -2.15. The van der Waals surface area contributed by atoms with Crippen LogP contribution in [0.4, 0.5) is 4.79 Å². The molecule has 0 spiro atoms. The molecule has 0 aliphatic carbocycles. The molecule has 1 aromatic heterocycles. The molecule has 140 valence electrons. The summed E-state index contributed by atoms with van der Waals surface area (Å²) in [5.41, 5.74) is 0.908. The Kier molecular flexibility index (Phi) is 4.80. The Balaban J connectivity index is 1.47. The van der Waals surface area contributed by atoms with Crippen LogP contribution in [-0.2, 0) is 11.3 Å². The maximum absolute atomic E-state index is 13.0. The van der Waals surface area contributed by atoms with E-state index in [1.54, 1.807) is 6.20 Å². The molecule has 7 heteroatoms. The second-order valence-electron chi connectivity index (χ2n) is 7.69. The van der Waals surface area contributed by atoms with Gasteiger partial charge in [0.25, 0.3) is 0 Å². The summed E-state index contributed by atoms with van der Waals surface area (Å²) in [5, 5.41) is 0. The summed E-state index contributed by atoms with van der Waals surface area (Å²) in [4.78, 5) is 38.4. The van der Waals surface area contributed by atoms with Crippen LogP contribution in [0.5, 0.6) is 0 Å². The molecular formula is C19H27N5O2. The van der Waals surface area contributed by atoms with Crippen molar-refractivity contribution in [3.8, 4) is 0 Å². The predicted octanol–water partition coefficient (Wildman–Crippen LogP) is 0.872. The highest BCUT2D eigenvalue weighted by atomic mass is 16.2. The van der Waals surface area contributed by atoms with Gasteiger partial charge in [0.1, 0.15) is 0 Å². The lowest BCUT2D eigenvalue weighted by atomic mass is 9.94. The molecule has 2 atom stereocenters. The molecule has 0 saturated carbocycles. The maximum atomic E-state index is 13.0. The number of nitrogens with zero attached hydrogens (tertiary/aromatic N) is 5. The van der Waals surface area contributed by atoms with E-state index in [4.69, 9.17) is 0 Å². The van der Waals surface area contributed by atoms with Gasteiger partial charge in [-0.05, 0) is 32.0 Å². The van der Waals surface area contributed by atoms with E-state index >= 15 is 0 Å². The van der Waals surface area contributed by atoms with Gasteiger partial charge in [-0.1, -0.05) is 6.07 Å². The van der Waals surface area contributed by atoms with Crippen LogP contribution < -0.4 is 0 Å². The lowest BCUT2D eigenvalue weighted by Gasteiger charge is -2.37. The second kappa shape index (κ2) is 7.23. The van der Waals surface area contributed by atoms with E-state index in [1.165, 1.54) is 0 Å². The van der Waals surface area contributed by atoms with Crippen LogP contribution >= 0.6 is 0 Å². The van der Waals surface area contributed by atoms with Crippen LogP contribution in [0.3, 0.4) is 0 Å². The molecule has 2 bridgehead atoms. The van der Waals surface area contributed by atoms with E-state index in [2.05, 4.69) is 16.9 Å². The zero-order valence-corrected chi connectivity index (χ0v) is 15.4. The van der Waals surface area contributed by atoms with E-state index < -0.39 is 0 Å². The number of aromatic nitrogens is 1. The monoisotopic (exact) mass is 357 g/mol. The smallest absolute Gasteiger partial charge is 0.320 e. The Morgan fingerprint density at radius 1 is 1.12 bits per heavy atom. The van der Waals surface area contributed by atoms with Gasteiger partial charge in [0, 0.05) is 51.5 Å². The summed E-state index contributed by atoms with van der Waals surface area (Å²) in [6.07, 6.45) is 3.61. The first-order valence-corrected chi connectivity index (χ1v) is 9.54. The molecule has 5 heterocycles. The van der Waals surface area contributed by atoms with Crippen molar-refractivity contribution >= 4 is 11.9 Å². The number of fused-ring (bicyclic) bond motifs is 4. The maximum Gasteiger partial charge on any atom is 0.320 e. The van der Waals surface area contributed by atoms with Crippen LogP contribution in [-0.4, -0.2) is 88.9 Å². The third kappa shape index (κ3) is 3.40. The Bertz CT molecular complexity index is 659. The Morgan fingerprint density at radius 3 is 2.65 bits per heavy atom. The van der Waals surface area contributed by atoms with Gasteiger partial charge in [0.05, 0.1) is 18.2 Å². The number of piperazine rings is 1. The lowest BCUT2D eigenvalue weighted by Crippen LogP contribution is -2.53. The molecule has 4 saturated heterocycles. The van der Waals surface area contributed by atoms with Crippen molar-refractivity contribution in [1.82, 2.24) is 24.6 Å². The number of urea groups is 1. The summed E-state index contributed by atoms with van der Waals surface area (Å²) in [7, 11) is 2.09. The molecule has 0 radical (unpaired) electrons. The van der Waals surface area contributed by atoms with Crippen molar-refractivity contribution in [2.24, 2.45) is 5.92 Å². The van der Waals surface area contributed by atoms with Gasteiger partial charge >= 0.3 is 6.03 Å². The van der Waals surface area contributed by atoms with Gasteiger partial charge in [-0.2, -0.15) is 0 Å². The first-order valence-electron chi connectivity index (χ1n) is 9.54. The molecule has 4 aliphatic rings. The molecule has 4 aliphatic heterocycles. The van der Waals surface area contributed by atoms with Crippen molar-refractivity contribution < 1.29 is 9.59 Å². The molecule has 0 N–H and O–H groups in total. The summed E-state index contributed by atoms with van der Waals surface area (Å²) in [6.45, 7) is 5.10. The molecule has 7 nitrogen and oxygen atoms in total. The molecule has 0 unspecified atom stereocenters. The molecule has 26 heavy (non-hydrogen) atoms. The fraction of sp³-hybridized carbons (Fsp3) is 0.632. The number of piperidine rings is 1. The number of hydrogen-bond donors (Lipinski definition) is 0. The molecule has 4 fully saturated rings. The first-order chi connectivity index (χ1) is 12.6. The minimum atomic E-state index is -0.0751. The van der Waals surface area contributed by atoms with Crippen LogP contribution in [0, 0.1) is 5.92 Å². The molecule has 5 rings (SSSR count). The van der Waals surface area contributed by atoms with Gasteiger partial charge in [-0.25, -0.2) is 4.79 Å². The normalized spacial score (nSPS) is 27.0. The number of carbonyl (C=O) groups excluding carboxylic acids is 2. The van der Waals surface area contributed by atoms with Gasteiger partial charge < -0.3 is 19.6 Å². The molecule has 3 amide bonds. The van der Waals surface area contributed by atoms with Gasteiger partial charge in [-0.3, -0.25) is 9.78 Å². The zero-order chi connectivity index (χ0) is 18.1. The van der Waals surface area contributed by atoms with E-state index in [0.29, 0.717) is 19.6 Å². The minimum absolute atomic E-state index is 0.0751. The number of hydrogen-bond acceptors (Lipinski definition) is 4. The van der Waals surface area contributed by atoms with Gasteiger partial charge in [0.15, 0.2) is 0 Å². The van der Waals surface area contributed by atoms with E-state index in [9.17, 15) is 9.59 Å². The third-order valence-corrected chi connectivity index (χ3v) is 5.90. The standard InChI is InChI=1S/C19H27N5O2/c1-21-8-10-22(11-9-21)19(26)23-12-15-5-6-17(14-23)24(18(15)25)13-16-4-2-3-7-20-16/h2-4,7,15,17H,5-6,8-14H2,1H3/t15-,17+/m0/s1. The van der Waals surface area contributed by atoms with Crippen molar-refractivity contribution in [3.63, 3.8) is 0 Å². The van der Waals surface area contributed by atoms with Crippen LogP contribution in [0.25, 0.3) is 0 Å². The van der Waals surface area contributed by atoms with E-state index in [-0.39, 0.29) is 23.9 Å². The highest BCUT2D eigenvalue weighted by Gasteiger charge is 2.42. The summed E-state index contributed by atoms with van der Waals surface area (Å²) in [5.74, 6) is 0.106. The second-order valence-corrected chi connectivity index (χ2v) is 7.69. The van der Waals surface area contributed by atoms with Crippen LogP contribution in [0.2, 0.25) is 0 Å². The zero-order valence-electron chi connectivity index (χ0n) is 15.4. The van der Waals surface area contributed by atoms with Crippen LogP contribution in [0.1, 0.15) is 18.5 Å². The highest BCUT2D eigenvalue weighted by Crippen LogP contribution is 2.30. The van der Waals surface area contributed by atoms with Crippen molar-refractivity contribution in [1.29, 1.82) is 0 Å². The van der Waals surface area contributed by atoms with Crippen molar-refractivity contribution in [2.45, 2.75) is 25.4 Å². The van der Waals surface area contributed by atoms with Crippen LogP contribution in [0.15, 0.2) is 24.4 Å². The number of likely N-dealkylation sites (N-methyl/N-ethyl adjacent to an activating group) is 1. The quantitative estimate of drug-likeness (QED) is 0.788. The van der Waals surface area contributed by atoms with E-state index in [0.717, 1.165) is 44.7 Å². The Morgan fingerprint density at radius 2 is 1.92 bits per heavy atom. The summed E-state index contributed by atoms with van der Waals surface area (Å²) < 4.78 is 0. The summed E-state index contributed by atoms with van der Waals surface area (Å²) in [6, 6.07) is 5.99. The van der Waals surface area contributed by atoms with E-state index in [1.807, 2.05) is 32.9 Å². The molecule has 0 aromatic carbocycles. The number of amides is 3. The molecule has 1 aromatic rings. The fourth-order valence-corrected chi connectivity index (χ4v) is 4.27. The van der Waals surface area contributed by atoms with Gasteiger partial charge in [-0.15, -0.1) is 0 Å². The number of carbonyl (C=O) groups is 2. The minimum Gasteiger partial charge on any atom is -0.332 e. The topological polar surface area (TPSA) is 60.0 Å². The SMILES string of the molecule is CN1CCN(C(=O)N2C[C@@H]3CC[C@H](C2)N(Cc2ccccn2)C3=O)CC1. The lowest BCUT2D eigenvalue weighted by molar-refractivity contribution is -0.140. The number of rotatable bonds is 2. The fourth-order valence-electron chi connectivity index (χ4n) is 4.27. The van der Waals surface area contributed by atoms with Crippen molar-refractivity contribution in [2.75, 3.05) is 46.3 Å². The third-order valence-electron chi connectivity index (χ3n) is 5.90.